The van der Waals surface area contributed by atoms with Crippen LogP contribution in [0.2, 0.25) is 5.02 Å². The van der Waals surface area contributed by atoms with Crippen LogP contribution in [0.5, 0.6) is 0 Å². The first-order chi connectivity index (χ1) is 7.46. The van der Waals surface area contributed by atoms with Gasteiger partial charge in [0, 0.05) is 11.5 Å². The molecule has 1 aromatic carbocycles. The predicted octanol–water partition coefficient (Wildman–Crippen LogP) is 3.18. The molecule has 2 aromatic rings. The van der Waals surface area contributed by atoms with Gasteiger partial charge < -0.3 is 10.2 Å². The highest BCUT2D eigenvalue weighted by molar-refractivity contribution is 6.34. The van der Waals surface area contributed by atoms with Crippen LogP contribution in [0.1, 0.15) is 19.6 Å². The fraction of sp³-hybridized carbons (Fsp3) is 0.231. The van der Waals surface area contributed by atoms with E-state index in [4.69, 9.17) is 21.8 Å². The van der Waals surface area contributed by atoms with E-state index in [2.05, 4.69) is 11.8 Å². The van der Waals surface area contributed by atoms with Crippen molar-refractivity contribution in [3.63, 3.8) is 0 Å². The Morgan fingerprint density at radius 3 is 2.75 bits per heavy atom. The summed E-state index contributed by atoms with van der Waals surface area (Å²) in [4.78, 5) is 0. The quantitative estimate of drug-likeness (QED) is 0.710. The van der Waals surface area contributed by atoms with Gasteiger partial charge in [-0.3, -0.25) is 0 Å². The summed E-state index contributed by atoms with van der Waals surface area (Å²) in [6, 6.07) is 7.46. The molecule has 0 unspecified atom stereocenters. The number of benzene rings is 1. The third kappa shape index (κ3) is 2.38. The number of fused-ring (bicyclic) bond motifs is 1. The summed E-state index contributed by atoms with van der Waals surface area (Å²) in [6.45, 7) is 3.69. The van der Waals surface area contributed by atoms with E-state index >= 15 is 0 Å². The minimum absolute atomic E-state index is 0.525. The molecule has 1 aromatic heterocycles. The highest BCUT2D eigenvalue weighted by Crippen LogP contribution is 2.26. The van der Waals surface area contributed by atoms with Crippen molar-refractivity contribution < 1.29 is 4.42 Å². The summed E-state index contributed by atoms with van der Waals surface area (Å²) in [7, 11) is 0. The third-order valence-electron chi connectivity index (χ3n) is 2.00. The van der Waals surface area contributed by atoms with Crippen LogP contribution in [-0.2, 0) is 0 Å². The summed E-state index contributed by atoms with van der Waals surface area (Å²) in [5, 5.41) is 1.55. The molecule has 0 aliphatic rings. The zero-order valence-electron chi connectivity index (χ0n) is 9.17. The Hall–Kier alpha value is -1.43. The molecule has 2 rings (SSSR count). The minimum atomic E-state index is -0.525. The highest BCUT2D eigenvalue weighted by atomic mass is 35.5. The SMILES string of the molecule is CC(C)(N)C#Cc1cc2cccc(Cl)c2o1. The lowest BCUT2D eigenvalue weighted by Gasteiger charge is -2.06. The second kappa shape index (κ2) is 3.86. The van der Waals surface area contributed by atoms with Crippen molar-refractivity contribution in [2.75, 3.05) is 0 Å². The highest BCUT2D eigenvalue weighted by Gasteiger charge is 2.07. The lowest BCUT2D eigenvalue weighted by molar-refractivity contribution is 0.600. The molecule has 0 saturated carbocycles. The molecule has 0 radical (unpaired) electrons. The van der Waals surface area contributed by atoms with Crippen molar-refractivity contribution >= 4 is 22.6 Å². The van der Waals surface area contributed by atoms with Crippen molar-refractivity contribution in [3.8, 4) is 11.8 Å². The molecule has 0 aliphatic heterocycles. The van der Waals surface area contributed by atoms with E-state index < -0.39 is 5.54 Å². The molecule has 1 heterocycles. The van der Waals surface area contributed by atoms with Gasteiger partial charge in [-0.25, -0.2) is 0 Å². The molecule has 0 fully saturated rings. The molecule has 2 nitrogen and oxygen atoms in total. The number of furan rings is 1. The van der Waals surface area contributed by atoms with Gasteiger partial charge in [0.25, 0.3) is 0 Å². The second-order valence-corrected chi connectivity index (χ2v) is 4.65. The normalized spacial score (nSPS) is 11.2. The number of hydrogen-bond donors (Lipinski definition) is 1. The Balaban J connectivity index is 2.47. The van der Waals surface area contributed by atoms with E-state index in [1.807, 2.05) is 32.0 Å². The number of hydrogen-bond acceptors (Lipinski definition) is 2. The average Bonchev–Trinajstić information content (AvgIpc) is 2.58. The van der Waals surface area contributed by atoms with Gasteiger partial charge in [-0.15, -0.1) is 0 Å². The van der Waals surface area contributed by atoms with Crippen LogP contribution in [-0.4, -0.2) is 5.54 Å². The summed E-state index contributed by atoms with van der Waals surface area (Å²) in [5.41, 5.74) is 5.91. The molecule has 0 aliphatic carbocycles. The number of rotatable bonds is 0. The minimum Gasteiger partial charge on any atom is -0.446 e. The summed E-state index contributed by atoms with van der Waals surface area (Å²) in [5.74, 6) is 6.40. The molecule has 0 saturated heterocycles. The smallest absolute Gasteiger partial charge is 0.178 e. The third-order valence-corrected chi connectivity index (χ3v) is 2.30. The monoisotopic (exact) mass is 233 g/mol. The molecule has 0 spiro atoms. The van der Waals surface area contributed by atoms with Crippen LogP contribution in [0, 0.1) is 11.8 Å². The zero-order valence-corrected chi connectivity index (χ0v) is 9.93. The molecular weight excluding hydrogens is 222 g/mol. The number of halogens is 1. The molecule has 16 heavy (non-hydrogen) atoms. The lowest BCUT2D eigenvalue weighted by Crippen LogP contribution is -2.29. The zero-order chi connectivity index (χ0) is 11.8. The van der Waals surface area contributed by atoms with Crippen LogP contribution >= 0.6 is 11.6 Å². The predicted molar refractivity (Wildman–Crippen MR) is 66.4 cm³/mol. The van der Waals surface area contributed by atoms with Crippen molar-refractivity contribution in [1.82, 2.24) is 0 Å². The molecule has 3 heteroatoms. The second-order valence-electron chi connectivity index (χ2n) is 4.24. The Morgan fingerprint density at radius 1 is 1.38 bits per heavy atom. The fourth-order valence-corrected chi connectivity index (χ4v) is 1.53. The first-order valence-corrected chi connectivity index (χ1v) is 5.34. The van der Waals surface area contributed by atoms with E-state index in [1.54, 1.807) is 6.07 Å². The van der Waals surface area contributed by atoms with Crippen LogP contribution in [0.4, 0.5) is 0 Å². The van der Waals surface area contributed by atoms with E-state index in [1.165, 1.54) is 0 Å². The summed E-state index contributed by atoms with van der Waals surface area (Å²) < 4.78 is 5.53. The number of nitrogens with two attached hydrogens (primary N) is 1. The van der Waals surface area contributed by atoms with Gasteiger partial charge in [0.15, 0.2) is 11.3 Å². The molecular formula is C13H12ClNO. The van der Waals surface area contributed by atoms with Gasteiger partial charge in [0.2, 0.25) is 0 Å². The Labute approximate surface area is 99.4 Å². The van der Waals surface area contributed by atoms with E-state index in [-0.39, 0.29) is 0 Å². The summed E-state index contributed by atoms with van der Waals surface area (Å²) in [6.07, 6.45) is 0. The van der Waals surface area contributed by atoms with Gasteiger partial charge in [-0.05, 0) is 25.8 Å². The lowest BCUT2D eigenvalue weighted by atomic mass is 10.1. The average molecular weight is 234 g/mol. The standard InChI is InChI=1S/C13H12ClNO/c1-13(2,15)7-6-10-8-9-4-3-5-11(14)12(9)16-10/h3-5,8H,15H2,1-2H3. The van der Waals surface area contributed by atoms with Gasteiger partial charge in [-0.2, -0.15) is 0 Å². The molecule has 0 amide bonds. The van der Waals surface area contributed by atoms with Crippen LogP contribution < -0.4 is 5.73 Å². The largest absolute Gasteiger partial charge is 0.446 e. The van der Waals surface area contributed by atoms with Crippen LogP contribution in [0.3, 0.4) is 0 Å². The fourth-order valence-electron chi connectivity index (χ4n) is 1.31. The molecule has 0 bridgehead atoms. The van der Waals surface area contributed by atoms with Crippen molar-refractivity contribution in [3.05, 3.63) is 35.0 Å². The topological polar surface area (TPSA) is 39.2 Å². The van der Waals surface area contributed by atoms with Crippen LogP contribution in [0.25, 0.3) is 11.0 Å². The van der Waals surface area contributed by atoms with E-state index in [0.717, 1.165) is 5.39 Å². The molecule has 82 valence electrons. The van der Waals surface area contributed by atoms with E-state index in [0.29, 0.717) is 16.4 Å². The van der Waals surface area contributed by atoms with Crippen molar-refractivity contribution in [1.29, 1.82) is 0 Å². The van der Waals surface area contributed by atoms with Gasteiger partial charge in [-0.1, -0.05) is 29.7 Å². The van der Waals surface area contributed by atoms with Crippen molar-refractivity contribution in [2.24, 2.45) is 5.73 Å². The van der Waals surface area contributed by atoms with Gasteiger partial charge in [0.05, 0.1) is 10.6 Å². The molecule has 2 N–H and O–H groups in total. The maximum Gasteiger partial charge on any atom is 0.178 e. The van der Waals surface area contributed by atoms with Gasteiger partial charge in [0.1, 0.15) is 0 Å². The van der Waals surface area contributed by atoms with Crippen LogP contribution in [0.15, 0.2) is 28.7 Å². The first-order valence-electron chi connectivity index (χ1n) is 4.96. The Kier molecular flexibility index (Phi) is 2.67. The number of para-hydroxylation sites is 1. The maximum absolute atomic E-state index is 5.99. The Morgan fingerprint density at radius 2 is 2.12 bits per heavy atom. The molecule has 0 atom stereocenters. The first kappa shape index (κ1) is 11.1. The Bertz CT molecular complexity index is 581. The van der Waals surface area contributed by atoms with E-state index in [9.17, 15) is 0 Å². The van der Waals surface area contributed by atoms with Gasteiger partial charge >= 0.3 is 0 Å². The maximum atomic E-state index is 5.99. The van der Waals surface area contributed by atoms with Crippen molar-refractivity contribution in [2.45, 2.75) is 19.4 Å². The summed E-state index contributed by atoms with van der Waals surface area (Å²) >= 11 is 5.99.